The van der Waals surface area contributed by atoms with E-state index in [0.29, 0.717) is 6.42 Å². The van der Waals surface area contributed by atoms with Crippen molar-refractivity contribution in [1.29, 1.82) is 0 Å². The molecule has 0 fully saturated rings. The van der Waals surface area contributed by atoms with Crippen molar-refractivity contribution in [2.45, 2.75) is 38.0 Å². The van der Waals surface area contributed by atoms with E-state index in [0.717, 1.165) is 16.9 Å². The van der Waals surface area contributed by atoms with Gasteiger partial charge in [0, 0.05) is 24.9 Å². The molecule has 17 heavy (non-hydrogen) atoms. The summed E-state index contributed by atoms with van der Waals surface area (Å²) in [6.45, 7) is 3.94. The smallest absolute Gasteiger partial charge is 0.0848 e. The van der Waals surface area contributed by atoms with Crippen molar-refractivity contribution < 1.29 is 9.84 Å². The van der Waals surface area contributed by atoms with Crippen molar-refractivity contribution in [3.63, 3.8) is 0 Å². The van der Waals surface area contributed by atoms with Gasteiger partial charge >= 0.3 is 0 Å². The highest BCUT2D eigenvalue weighted by molar-refractivity contribution is 5.60. The minimum atomic E-state index is -0.473. The van der Waals surface area contributed by atoms with E-state index in [2.05, 4.69) is 5.32 Å². The number of nitrogens with one attached hydrogen (secondary N) is 1. The molecular weight excluding hydrogens is 216 g/mol. The van der Waals surface area contributed by atoms with Crippen molar-refractivity contribution in [3.8, 4) is 0 Å². The number of fused-ring (bicyclic) bond motifs is 1. The standard InChI is InChI=1S/C13H20N2O2/c1-13(2,17-3)12-11(16)7-8-6-9(14)4-5-10(8)15-12/h4-6,11-12,15-16H,7,14H2,1-3H3. The van der Waals surface area contributed by atoms with Gasteiger partial charge < -0.3 is 20.9 Å². The first kappa shape index (κ1) is 12.2. The average molecular weight is 236 g/mol. The predicted molar refractivity (Wildman–Crippen MR) is 69.1 cm³/mol. The fraction of sp³-hybridized carbons (Fsp3) is 0.538. The summed E-state index contributed by atoms with van der Waals surface area (Å²) < 4.78 is 5.44. The number of anilines is 2. The lowest BCUT2D eigenvalue weighted by Crippen LogP contribution is -2.53. The van der Waals surface area contributed by atoms with Gasteiger partial charge in [-0.2, -0.15) is 0 Å². The number of aliphatic hydroxyl groups excluding tert-OH is 1. The van der Waals surface area contributed by atoms with Gasteiger partial charge in [0.15, 0.2) is 0 Å². The maximum atomic E-state index is 10.2. The van der Waals surface area contributed by atoms with Crippen molar-refractivity contribution >= 4 is 11.4 Å². The van der Waals surface area contributed by atoms with Crippen LogP contribution in [0, 0.1) is 0 Å². The monoisotopic (exact) mass is 236 g/mol. The first-order valence-corrected chi connectivity index (χ1v) is 5.82. The quantitative estimate of drug-likeness (QED) is 0.679. The SMILES string of the molecule is COC(C)(C)C1Nc2ccc(N)cc2CC1O. The molecule has 0 aromatic heterocycles. The van der Waals surface area contributed by atoms with Crippen LogP contribution in [0.15, 0.2) is 18.2 Å². The number of hydrogen-bond acceptors (Lipinski definition) is 4. The summed E-state index contributed by atoms with van der Waals surface area (Å²) in [5.74, 6) is 0. The van der Waals surface area contributed by atoms with Crippen LogP contribution in [0.4, 0.5) is 11.4 Å². The van der Waals surface area contributed by atoms with E-state index in [1.807, 2.05) is 32.0 Å². The number of nitrogens with two attached hydrogens (primary N) is 1. The molecule has 4 heteroatoms. The molecule has 1 aromatic carbocycles. The summed E-state index contributed by atoms with van der Waals surface area (Å²) in [6.07, 6.45) is 0.129. The third-order valence-electron chi connectivity index (χ3n) is 3.53. The fourth-order valence-electron chi connectivity index (χ4n) is 2.29. The molecule has 0 radical (unpaired) electrons. The molecule has 2 rings (SSSR count). The van der Waals surface area contributed by atoms with Crippen LogP contribution >= 0.6 is 0 Å². The molecule has 0 aliphatic carbocycles. The number of nitrogen functional groups attached to an aromatic ring is 1. The molecular formula is C13H20N2O2. The lowest BCUT2D eigenvalue weighted by molar-refractivity contribution is -0.0328. The van der Waals surface area contributed by atoms with Gasteiger partial charge in [-0.1, -0.05) is 0 Å². The number of methoxy groups -OCH3 is 1. The Balaban J connectivity index is 2.30. The molecule has 1 aromatic rings. The normalized spacial score (nSPS) is 24.0. The zero-order chi connectivity index (χ0) is 12.6. The lowest BCUT2D eigenvalue weighted by Gasteiger charge is -2.41. The van der Waals surface area contributed by atoms with Crippen LogP contribution in [0.1, 0.15) is 19.4 Å². The van der Waals surface area contributed by atoms with Crippen LogP contribution in [0.3, 0.4) is 0 Å². The Hall–Kier alpha value is -1.26. The summed E-state index contributed by atoms with van der Waals surface area (Å²) >= 11 is 0. The first-order valence-electron chi connectivity index (χ1n) is 5.82. The topological polar surface area (TPSA) is 67.5 Å². The van der Waals surface area contributed by atoms with E-state index >= 15 is 0 Å². The van der Waals surface area contributed by atoms with Gasteiger partial charge in [0.2, 0.25) is 0 Å². The summed E-state index contributed by atoms with van der Waals surface area (Å²) in [4.78, 5) is 0. The fourth-order valence-corrected chi connectivity index (χ4v) is 2.29. The second-order valence-corrected chi connectivity index (χ2v) is 5.12. The zero-order valence-corrected chi connectivity index (χ0v) is 10.5. The van der Waals surface area contributed by atoms with Crippen LogP contribution in [-0.4, -0.2) is 30.0 Å². The third-order valence-corrected chi connectivity index (χ3v) is 3.53. The zero-order valence-electron chi connectivity index (χ0n) is 10.5. The summed E-state index contributed by atoms with van der Waals surface area (Å²) in [5.41, 5.74) is 8.13. The molecule has 1 heterocycles. The molecule has 0 saturated carbocycles. The summed E-state index contributed by atoms with van der Waals surface area (Å²) in [6, 6.07) is 5.60. The Labute approximate surface area is 102 Å². The molecule has 0 bridgehead atoms. The van der Waals surface area contributed by atoms with Gasteiger partial charge in [0.05, 0.1) is 17.7 Å². The minimum Gasteiger partial charge on any atom is -0.399 e. The molecule has 0 saturated heterocycles. The second-order valence-electron chi connectivity index (χ2n) is 5.12. The molecule has 2 unspecified atom stereocenters. The van der Waals surface area contributed by atoms with E-state index in [9.17, 15) is 5.11 Å². The molecule has 4 nitrogen and oxygen atoms in total. The highest BCUT2D eigenvalue weighted by Gasteiger charge is 2.38. The van der Waals surface area contributed by atoms with E-state index in [1.165, 1.54) is 0 Å². The van der Waals surface area contributed by atoms with Crippen molar-refractivity contribution in [1.82, 2.24) is 0 Å². The highest BCUT2D eigenvalue weighted by atomic mass is 16.5. The summed E-state index contributed by atoms with van der Waals surface area (Å²) in [5, 5.41) is 13.5. The molecule has 1 aliphatic rings. The Morgan fingerprint density at radius 3 is 2.82 bits per heavy atom. The minimum absolute atomic E-state index is 0.122. The Kier molecular flexibility index (Phi) is 3.02. The van der Waals surface area contributed by atoms with Gasteiger partial charge in [-0.05, 0) is 37.6 Å². The Morgan fingerprint density at radius 1 is 1.47 bits per heavy atom. The van der Waals surface area contributed by atoms with Crippen molar-refractivity contribution in [2.24, 2.45) is 0 Å². The molecule has 2 atom stereocenters. The Bertz CT molecular complexity index is 418. The van der Waals surface area contributed by atoms with Gasteiger partial charge in [0.1, 0.15) is 0 Å². The highest BCUT2D eigenvalue weighted by Crippen LogP contribution is 2.31. The molecule has 0 spiro atoms. The molecule has 4 N–H and O–H groups in total. The van der Waals surface area contributed by atoms with Gasteiger partial charge in [-0.15, -0.1) is 0 Å². The van der Waals surface area contributed by atoms with Crippen molar-refractivity contribution in [2.75, 3.05) is 18.2 Å². The van der Waals surface area contributed by atoms with Crippen molar-refractivity contribution in [3.05, 3.63) is 23.8 Å². The van der Waals surface area contributed by atoms with Crippen LogP contribution in [0.25, 0.3) is 0 Å². The maximum Gasteiger partial charge on any atom is 0.0848 e. The average Bonchev–Trinajstić information content (AvgIpc) is 2.27. The van der Waals surface area contributed by atoms with E-state index < -0.39 is 11.7 Å². The molecule has 0 amide bonds. The number of hydrogen-bond donors (Lipinski definition) is 3. The number of aliphatic hydroxyl groups is 1. The second kappa shape index (κ2) is 4.20. The van der Waals surface area contributed by atoms with Crippen LogP contribution in [0.5, 0.6) is 0 Å². The number of ether oxygens (including phenoxy) is 1. The van der Waals surface area contributed by atoms with Crippen LogP contribution in [0.2, 0.25) is 0 Å². The predicted octanol–water partition coefficient (Wildman–Crippen LogP) is 1.39. The van der Waals surface area contributed by atoms with Gasteiger partial charge in [-0.3, -0.25) is 0 Å². The lowest BCUT2D eigenvalue weighted by atomic mass is 9.86. The van der Waals surface area contributed by atoms with Gasteiger partial charge in [-0.25, -0.2) is 0 Å². The number of rotatable bonds is 2. The maximum absolute atomic E-state index is 10.2. The van der Waals surface area contributed by atoms with Gasteiger partial charge in [0.25, 0.3) is 0 Å². The van der Waals surface area contributed by atoms with Crippen LogP contribution < -0.4 is 11.1 Å². The number of benzene rings is 1. The Morgan fingerprint density at radius 2 is 2.18 bits per heavy atom. The van der Waals surface area contributed by atoms with E-state index in [4.69, 9.17) is 10.5 Å². The van der Waals surface area contributed by atoms with E-state index in [1.54, 1.807) is 7.11 Å². The van der Waals surface area contributed by atoms with Crippen LogP contribution in [-0.2, 0) is 11.2 Å². The van der Waals surface area contributed by atoms with E-state index in [-0.39, 0.29) is 6.04 Å². The largest absolute Gasteiger partial charge is 0.399 e. The molecule has 94 valence electrons. The summed E-state index contributed by atoms with van der Waals surface area (Å²) in [7, 11) is 1.66. The molecule has 1 aliphatic heterocycles. The first-order chi connectivity index (χ1) is 7.94. The third kappa shape index (κ3) is 2.23.